The van der Waals surface area contributed by atoms with Crippen LogP contribution in [-0.2, 0) is 9.53 Å². The maximum atomic E-state index is 11.0. The largest absolute Gasteiger partial charge is 0.478 e. The summed E-state index contributed by atoms with van der Waals surface area (Å²) in [5.74, 6) is -2.06. The molecule has 0 bridgehead atoms. The van der Waals surface area contributed by atoms with Crippen LogP contribution in [-0.4, -0.2) is 40.5 Å². The van der Waals surface area contributed by atoms with Crippen molar-refractivity contribution in [3.63, 3.8) is 0 Å². The average molecular weight is 240 g/mol. The number of methoxy groups -OCH3 is 1. The first-order valence-electron chi connectivity index (χ1n) is 4.74. The van der Waals surface area contributed by atoms with E-state index < -0.39 is 24.1 Å². The number of aliphatic hydroxyl groups is 2. The standard InChI is InChI=1S/C11H12O6/c1-17-11(16)9(13)8(12)6-2-4-7(5-3-6)10(14)15/h2-5,8-9,12-13H,1H3,(H,14,15). The summed E-state index contributed by atoms with van der Waals surface area (Å²) in [6, 6.07) is 5.18. The van der Waals surface area contributed by atoms with Crippen LogP contribution in [0, 0.1) is 0 Å². The Balaban J connectivity index is 2.86. The highest BCUT2D eigenvalue weighted by molar-refractivity contribution is 5.87. The highest BCUT2D eigenvalue weighted by atomic mass is 16.5. The van der Waals surface area contributed by atoms with Crippen molar-refractivity contribution in [3.8, 4) is 0 Å². The summed E-state index contributed by atoms with van der Waals surface area (Å²) in [5.41, 5.74) is 0.279. The summed E-state index contributed by atoms with van der Waals surface area (Å²) in [6.07, 6.45) is -3.15. The fourth-order valence-corrected chi connectivity index (χ4v) is 1.25. The zero-order valence-corrected chi connectivity index (χ0v) is 9.03. The van der Waals surface area contributed by atoms with E-state index in [-0.39, 0.29) is 11.1 Å². The number of rotatable bonds is 4. The van der Waals surface area contributed by atoms with Crippen LogP contribution in [0.5, 0.6) is 0 Å². The Morgan fingerprint density at radius 1 is 1.18 bits per heavy atom. The highest BCUT2D eigenvalue weighted by Crippen LogP contribution is 2.18. The van der Waals surface area contributed by atoms with Gasteiger partial charge in [0.05, 0.1) is 12.7 Å². The van der Waals surface area contributed by atoms with Gasteiger partial charge in [-0.3, -0.25) is 0 Å². The number of hydrogen-bond donors (Lipinski definition) is 3. The van der Waals surface area contributed by atoms with Crippen molar-refractivity contribution in [1.82, 2.24) is 0 Å². The van der Waals surface area contributed by atoms with Gasteiger partial charge in [0.25, 0.3) is 0 Å². The summed E-state index contributed by atoms with van der Waals surface area (Å²) in [7, 11) is 1.09. The summed E-state index contributed by atoms with van der Waals surface area (Å²) in [6.45, 7) is 0. The van der Waals surface area contributed by atoms with Crippen molar-refractivity contribution in [3.05, 3.63) is 35.4 Å². The molecular formula is C11H12O6. The fourth-order valence-electron chi connectivity index (χ4n) is 1.25. The van der Waals surface area contributed by atoms with Gasteiger partial charge in [0.2, 0.25) is 0 Å². The zero-order chi connectivity index (χ0) is 13.0. The number of carbonyl (C=O) groups excluding carboxylic acids is 1. The molecule has 6 nitrogen and oxygen atoms in total. The van der Waals surface area contributed by atoms with Crippen LogP contribution in [0.1, 0.15) is 22.0 Å². The predicted octanol–water partition coefficient (Wildman–Crippen LogP) is -0.0479. The second-order valence-corrected chi connectivity index (χ2v) is 3.34. The van der Waals surface area contributed by atoms with Crippen LogP contribution in [0.25, 0.3) is 0 Å². The summed E-state index contributed by atoms with van der Waals surface area (Å²) in [5, 5.41) is 27.7. The first-order valence-corrected chi connectivity index (χ1v) is 4.74. The second kappa shape index (κ2) is 5.42. The quantitative estimate of drug-likeness (QED) is 0.637. The maximum Gasteiger partial charge on any atom is 0.337 e. The van der Waals surface area contributed by atoms with Gasteiger partial charge in [-0.15, -0.1) is 0 Å². The molecule has 0 aliphatic rings. The van der Waals surface area contributed by atoms with Crippen molar-refractivity contribution in [2.75, 3.05) is 7.11 Å². The molecule has 0 aromatic heterocycles. The summed E-state index contributed by atoms with van der Waals surface area (Å²) >= 11 is 0. The fraction of sp³-hybridized carbons (Fsp3) is 0.273. The van der Waals surface area contributed by atoms with Crippen LogP contribution in [0.2, 0.25) is 0 Å². The Kier molecular flexibility index (Phi) is 4.19. The maximum absolute atomic E-state index is 11.0. The molecule has 92 valence electrons. The normalized spacial score (nSPS) is 13.8. The Bertz CT molecular complexity index is 410. The lowest BCUT2D eigenvalue weighted by molar-refractivity contribution is -0.156. The first kappa shape index (κ1) is 13.1. The van der Waals surface area contributed by atoms with E-state index in [2.05, 4.69) is 4.74 Å². The van der Waals surface area contributed by atoms with E-state index in [9.17, 15) is 19.8 Å². The molecule has 1 aromatic carbocycles. The van der Waals surface area contributed by atoms with Gasteiger partial charge in [0.15, 0.2) is 6.10 Å². The molecule has 0 fully saturated rings. The van der Waals surface area contributed by atoms with Crippen LogP contribution >= 0.6 is 0 Å². The third-order valence-corrected chi connectivity index (χ3v) is 2.24. The molecule has 0 aliphatic heterocycles. The van der Waals surface area contributed by atoms with Gasteiger partial charge in [-0.05, 0) is 17.7 Å². The van der Waals surface area contributed by atoms with Gasteiger partial charge >= 0.3 is 11.9 Å². The third kappa shape index (κ3) is 3.02. The van der Waals surface area contributed by atoms with Crippen LogP contribution in [0.3, 0.4) is 0 Å². The van der Waals surface area contributed by atoms with E-state index >= 15 is 0 Å². The van der Waals surface area contributed by atoms with Gasteiger partial charge in [0.1, 0.15) is 6.10 Å². The molecular weight excluding hydrogens is 228 g/mol. The number of aliphatic hydroxyl groups excluding tert-OH is 2. The topological polar surface area (TPSA) is 104 Å². The van der Waals surface area contributed by atoms with Crippen molar-refractivity contribution in [2.45, 2.75) is 12.2 Å². The smallest absolute Gasteiger partial charge is 0.337 e. The van der Waals surface area contributed by atoms with E-state index in [1.807, 2.05) is 0 Å². The minimum atomic E-state index is -1.70. The lowest BCUT2D eigenvalue weighted by Gasteiger charge is -2.15. The number of benzene rings is 1. The molecule has 3 N–H and O–H groups in total. The van der Waals surface area contributed by atoms with Gasteiger partial charge < -0.3 is 20.1 Å². The number of hydrogen-bond acceptors (Lipinski definition) is 5. The monoisotopic (exact) mass is 240 g/mol. The molecule has 1 rings (SSSR count). The van der Waals surface area contributed by atoms with Crippen molar-refractivity contribution in [2.24, 2.45) is 0 Å². The van der Waals surface area contributed by atoms with E-state index in [1.165, 1.54) is 24.3 Å². The summed E-state index contributed by atoms with van der Waals surface area (Å²) in [4.78, 5) is 21.6. The van der Waals surface area contributed by atoms with E-state index in [1.54, 1.807) is 0 Å². The van der Waals surface area contributed by atoms with E-state index in [0.717, 1.165) is 7.11 Å². The molecule has 0 aliphatic carbocycles. The summed E-state index contributed by atoms with van der Waals surface area (Å²) < 4.78 is 4.27. The van der Waals surface area contributed by atoms with Crippen molar-refractivity contribution >= 4 is 11.9 Å². The third-order valence-electron chi connectivity index (χ3n) is 2.24. The lowest BCUT2D eigenvalue weighted by Crippen LogP contribution is -2.29. The highest BCUT2D eigenvalue weighted by Gasteiger charge is 2.26. The molecule has 0 saturated heterocycles. The molecule has 0 amide bonds. The molecule has 0 spiro atoms. The molecule has 2 unspecified atom stereocenters. The van der Waals surface area contributed by atoms with E-state index in [0.29, 0.717) is 0 Å². The Morgan fingerprint density at radius 2 is 1.71 bits per heavy atom. The molecule has 0 saturated carbocycles. The number of aromatic carboxylic acids is 1. The Morgan fingerprint density at radius 3 is 2.12 bits per heavy atom. The number of carbonyl (C=O) groups is 2. The molecule has 17 heavy (non-hydrogen) atoms. The molecule has 2 atom stereocenters. The van der Waals surface area contributed by atoms with Crippen LogP contribution in [0.15, 0.2) is 24.3 Å². The second-order valence-electron chi connectivity index (χ2n) is 3.34. The molecule has 0 radical (unpaired) electrons. The van der Waals surface area contributed by atoms with E-state index in [4.69, 9.17) is 5.11 Å². The van der Waals surface area contributed by atoms with Gasteiger partial charge in [-0.25, -0.2) is 9.59 Å². The average Bonchev–Trinajstić information content (AvgIpc) is 2.36. The Hall–Kier alpha value is -1.92. The molecule has 6 heteroatoms. The number of carboxylic acid groups (broad SMARTS) is 1. The lowest BCUT2D eigenvalue weighted by atomic mass is 10.0. The predicted molar refractivity (Wildman–Crippen MR) is 56.4 cm³/mol. The number of ether oxygens (including phenoxy) is 1. The van der Waals surface area contributed by atoms with Crippen LogP contribution in [0.4, 0.5) is 0 Å². The van der Waals surface area contributed by atoms with Crippen LogP contribution < -0.4 is 0 Å². The zero-order valence-electron chi connectivity index (χ0n) is 9.03. The molecule has 0 heterocycles. The van der Waals surface area contributed by atoms with Crippen molar-refractivity contribution in [1.29, 1.82) is 0 Å². The van der Waals surface area contributed by atoms with Gasteiger partial charge in [-0.2, -0.15) is 0 Å². The Labute approximate surface area is 97.1 Å². The first-order chi connectivity index (χ1) is 7.97. The van der Waals surface area contributed by atoms with Gasteiger partial charge in [-0.1, -0.05) is 12.1 Å². The molecule has 1 aromatic rings. The minimum Gasteiger partial charge on any atom is -0.478 e. The minimum absolute atomic E-state index is 0.0495. The number of carboxylic acids is 1. The van der Waals surface area contributed by atoms with Gasteiger partial charge in [0, 0.05) is 0 Å². The number of esters is 1. The SMILES string of the molecule is COC(=O)C(O)C(O)c1ccc(C(=O)O)cc1. The van der Waals surface area contributed by atoms with Crippen molar-refractivity contribution < 1.29 is 29.6 Å².